The van der Waals surface area contributed by atoms with Crippen LogP contribution in [0.2, 0.25) is 0 Å². The fourth-order valence-corrected chi connectivity index (χ4v) is 4.66. The van der Waals surface area contributed by atoms with E-state index in [1.54, 1.807) is 24.8 Å². The van der Waals surface area contributed by atoms with E-state index in [2.05, 4.69) is 52.3 Å². The molecule has 5 heteroatoms. The van der Waals surface area contributed by atoms with E-state index in [1.165, 1.54) is 0 Å². The lowest BCUT2D eigenvalue weighted by Gasteiger charge is -2.27. The van der Waals surface area contributed by atoms with Gasteiger partial charge in [-0.15, -0.1) is 0 Å². The van der Waals surface area contributed by atoms with Gasteiger partial charge in [0.15, 0.2) is 0 Å². The Morgan fingerprint density at radius 1 is 0.771 bits per heavy atom. The number of ether oxygens (including phenoxy) is 1. The molecule has 0 bridgehead atoms. The molecule has 0 aliphatic heterocycles. The zero-order valence-electron chi connectivity index (χ0n) is 19.2. The molecule has 5 aromatic rings. The van der Waals surface area contributed by atoms with Crippen molar-refractivity contribution < 1.29 is 9.53 Å². The molecule has 0 spiro atoms. The van der Waals surface area contributed by atoms with Gasteiger partial charge in [-0.05, 0) is 38.9 Å². The Morgan fingerprint density at radius 2 is 1.46 bits per heavy atom. The standard InChI is InChI=1S/C26H21NO2.C4H4N2/c27-26-8-4-7-21-22-10-9-20-18(15-28)13-19(29-16-17-5-2-1-3-6-17)14-25(20)23(22)11-12-24(21)26;1-2-6-4-3-5-1/h1-12,19H,13-14,16,27H2;1-4H. The molecular formula is C30H25N3O2. The van der Waals surface area contributed by atoms with Crippen molar-refractivity contribution in [2.24, 2.45) is 0 Å². The number of nitrogen functional groups attached to an aromatic ring is 1. The molecule has 172 valence electrons. The van der Waals surface area contributed by atoms with E-state index in [4.69, 9.17) is 10.5 Å². The Balaban J connectivity index is 0.000000371. The molecule has 1 atom stereocenters. The number of benzene rings is 4. The number of nitrogens with zero attached hydrogens (tertiary/aromatic N) is 2. The third kappa shape index (κ3) is 4.82. The van der Waals surface area contributed by atoms with Crippen LogP contribution in [0.3, 0.4) is 0 Å². The van der Waals surface area contributed by atoms with Crippen LogP contribution < -0.4 is 5.73 Å². The molecule has 4 aromatic carbocycles. The summed E-state index contributed by atoms with van der Waals surface area (Å²) < 4.78 is 6.19. The fourth-order valence-electron chi connectivity index (χ4n) is 4.66. The second kappa shape index (κ2) is 10.3. The van der Waals surface area contributed by atoms with E-state index >= 15 is 0 Å². The number of aromatic nitrogens is 2. The normalized spacial score (nSPS) is 14.6. The third-order valence-electron chi connectivity index (χ3n) is 6.32. The smallest absolute Gasteiger partial charge is 0.128 e. The Kier molecular flexibility index (Phi) is 6.62. The van der Waals surface area contributed by atoms with Gasteiger partial charge < -0.3 is 10.5 Å². The largest absolute Gasteiger partial charge is 0.398 e. The second-order valence-corrected chi connectivity index (χ2v) is 8.50. The highest BCUT2D eigenvalue weighted by Crippen LogP contribution is 2.38. The summed E-state index contributed by atoms with van der Waals surface area (Å²) in [7, 11) is 0. The molecule has 0 fully saturated rings. The van der Waals surface area contributed by atoms with E-state index in [0.29, 0.717) is 18.6 Å². The molecule has 5 nitrogen and oxygen atoms in total. The highest BCUT2D eigenvalue weighted by atomic mass is 16.5. The van der Waals surface area contributed by atoms with Crippen LogP contribution in [0.15, 0.2) is 97.6 Å². The molecule has 1 heterocycles. The van der Waals surface area contributed by atoms with Gasteiger partial charge in [0.05, 0.1) is 12.7 Å². The molecule has 1 aliphatic rings. The first-order chi connectivity index (χ1) is 17.2. The number of nitrogens with two attached hydrogens (primary N) is 1. The van der Waals surface area contributed by atoms with Gasteiger partial charge in [0.2, 0.25) is 0 Å². The molecule has 2 N–H and O–H groups in total. The van der Waals surface area contributed by atoms with E-state index in [1.807, 2.05) is 36.4 Å². The fraction of sp³-hybridized carbons (Fsp3) is 0.133. The summed E-state index contributed by atoms with van der Waals surface area (Å²) in [6.07, 6.45) is 7.88. The van der Waals surface area contributed by atoms with Gasteiger partial charge in [0.25, 0.3) is 0 Å². The van der Waals surface area contributed by atoms with Crippen LogP contribution in [0.25, 0.3) is 27.1 Å². The van der Waals surface area contributed by atoms with E-state index < -0.39 is 0 Å². The van der Waals surface area contributed by atoms with Crippen LogP contribution in [0, 0.1) is 0 Å². The molecule has 1 aliphatic carbocycles. The minimum absolute atomic E-state index is 0.0405. The van der Waals surface area contributed by atoms with Crippen molar-refractivity contribution in [1.29, 1.82) is 0 Å². The van der Waals surface area contributed by atoms with Crippen molar-refractivity contribution in [2.45, 2.75) is 25.6 Å². The van der Waals surface area contributed by atoms with Crippen molar-refractivity contribution in [2.75, 3.05) is 5.73 Å². The molecule has 0 radical (unpaired) electrons. The van der Waals surface area contributed by atoms with Crippen LogP contribution in [0.1, 0.15) is 23.1 Å². The molecule has 0 amide bonds. The SMILES string of the molecule is Nc1cccc2c1ccc1c3c(ccc12)C(=C=O)CC(OCc1ccccc1)C3.c1cnccn1. The van der Waals surface area contributed by atoms with Gasteiger partial charge in [-0.2, -0.15) is 0 Å². The van der Waals surface area contributed by atoms with Gasteiger partial charge in [-0.1, -0.05) is 66.7 Å². The highest BCUT2D eigenvalue weighted by Gasteiger charge is 2.26. The third-order valence-corrected chi connectivity index (χ3v) is 6.32. The summed E-state index contributed by atoms with van der Waals surface area (Å²) >= 11 is 0. The molecule has 0 saturated carbocycles. The van der Waals surface area contributed by atoms with Crippen LogP contribution in [-0.4, -0.2) is 22.0 Å². The first-order valence-electron chi connectivity index (χ1n) is 11.6. The minimum Gasteiger partial charge on any atom is -0.398 e. The topological polar surface area (TPSA) is 78.1 Å². The number of carbonyl (C=O) groups excluding carboxylic acids is 1. The van der Waals surface area contributed by atoms with Crippen molar-refractivity contribution >= 4 is 38.7 Å². The van der Waals surface area contributed by atoms with Gasteiger partial charge in [-0.3, -0.25) is 9.97 Å². The summed E-state index contributed by atoms with van der Waals surface area (Å²) in [5.74, 6) is 2.17. The lowest BCUT2D eigenvalue weighted by molar-refractivity contribution is 0.0429. The van der Waals surface area contributed by atoms with Crippen LogP contribution in [-0.2, 0) is 22.6 Å². The maximum atomic E-state index is 11.7. The number of hydrogen-bond acceptors (Lipinski definition) is 5. The van der Waals surface area contributed by atoms with Gasteiger partial charge >= 0.3 is 0 Å². The predicted molar refractivity (Wildman–Crippen MR) is 140 cm³/mol. The Bertz CT molecular complexity index is 1480. The summed E-state index contributed by atoms with van der Waals surface area (Å²) in [5, 5.41) is 4.50. The summed E-state index contributed by atoms with van der Waals surface area (Å²) in [4.78, 5) is 19.1. The molecule has 1 unspecified atom stereocenters. The predicted octanol–water partition coefficient (Wildman–Crippen LogP) is 5.80. The molecule has 6 rings (SSSR count). The monoisotopic (exact) mass is 459 g/mol. The highest BCUT2D eigenvalue weighted by molar-refractivity contribution is 6.13. The van der Waals surface area contributed by atoms with E-state index in [9.17, 15) is 4.79 Å². The van der Waals surface area contributed by atoms with Gasteiger partial charge in [-0.25, -0.2) is 4.79 Å². The van der Waals surface area contributed by atoms with Crippen LogP contribution >= 0.6 is 0 Å². The Hall–Kier alpha value is -4.31. The Morgan fingerprint density at radius 3 is 2.17 bits per heavy atom. The van der Waals surface area contributed by atoms with Gasteiger partial charge in [0.1, 0.15) is 5.94 Å². The average molecular weight is 460 g/mol. The van der Waals surface area contributed by atoms with Crippen LogP contribution in [0.5, 0.6) is 0 Å². The summed E-state index contributed by atoms with van der Waals surface area (Å²) in [6, 6.07) is 24.5. The first kappa shape index (κ1) is 22.5. The number of anilines is 1. The molecule has 1 aromatic heterocycles. The lowest BCUT2D eigenvalue weighted by atomic mass is 9.82. The van der Waals surface area contributed by atoms with Crippen molar-refractivity contribution in [3.8, 4) is 0 Å². The maximum Gasteiger partial charge on any atom is 0.128 e. The zero-order valence-corrected chi connectivity index (χ0v) is 19.2. The first-order valence-corrected chi connectivity index (χ1v) is 11.6. The van der Waals surface area contributed by atoms with E-state index in [-0.39, 0.29) is 6.10 Å². The average Bonchev–Trinajstić information content (AvgIpc) is 2.93. The van der Waals surface area contributed by atoms with E-state index in [0.717, 1.165) is 50.3 Å². The molecule has 0 saturated heterocycles. The summed E-state index contributed by atoms with van der Waals surface area (Å²) in [5.41, 5.74) is 10.9. The number of rotatable bonds is 3. The molecule has 35 heavy (non-hydrogen) atoms. The zero-order chi connectivity index (χ0) is 24.0. The second-order valence-electron chi connectivity index (χ2n) is 8.50. The van der Waals surface area contributed by atoms with Crippen molar-refractivity contribution in [3.63, 3.8) is 0 Å². The van der Waals surface area contributed by atoms with Crippen LogP contribution in [0.4, 0.5) is 5.69 Å². The van der Waals surface area contributed by atoms with Crippen molar-refractivity contribution in [3.05, 3.63) is 114 Å². The number of hydrogen-bond donors (Lipinski definition) is 1. The quantitative estimate of drug-likeness (QED) is 0.210. The number of fused-ring (bicyclic) bond motifs is 5. The lowest BCUT2D eigenvalue weighted by Crippen LogP contribution is -2.22. The Labute approximate surface area is 203 Å². The summed E-state index contributed by atoms with van der Waals surface area (Å²) in [6.45, 7) is 0.539. The van der Waals surface area contributed by atoms with Crippen molar-refractivity contribution in [1.82, 2.24) is 9.97 Å². The molecular weight excluding hydrogens is 434 g/mol. The minimum atomic E-state index is -0.0405. The maximum absolute atomic E-state index is 11.7. The van der Waals surface area contributed by atoms with Gasteiger partial charge in [0, 0.05) is 54.3 Å².